The number of aryl methyl sites for hydroxylation is 1. The number of benzene rings is 2. The van der Waals surface area contributed by atoms with Crippen molar-refractivity contribution in [1.29, 1.82) is 0 Å². The highest BCUT2D eigenvalue weighted by atomic mass is 19.1. The van der Waals surface area contributed by atoms with Crippen molar-refractivity contribution in [2.45, 2.75) is 13.5 Å². The molecule has 0 fully saturated rings. The molecule has 2 N–H and O–H groups in total. The lowest BCUT2D eigenvalue weighted by molar-refractivity contribution is 0.427. The van der Waals surface area contributed by atoms with Crippen molar-refractivity contribution < 1.29 is 9.50 Å². The zero-order chi connectivity index (χ0) is 14.7. The highest BCUT2D eigenvalue weighted by molar-refractivity contribution is 5.60. The molecule has 2 rings (SSSR count). The van der Waals surface area contributed by atoms with Crippen molar-refractivity contribution in [3.05, 3.63) is 53.3 Å². The Balaban J connectivity index is 2.13. The first-order chi connectivity index (χ1) is 9.49. The maximum atomic E-state index is 13.2. The molecule has 2 aromatic carbocycles. The molecule has 0 aliphatic heterocycles. The number of phenols is 1. The van der Waals surface area contributed by atoms with Crippen LogP contribution in [0.25, 0.3) is 0 Å². The summed E-state index contributed by atoms with van der Waals surface area (Å²) in [5.41, 5.74) is 3.74. The molecule has 0 aliphatic rings. The molecule has 0 unspecified atom stereocenters. The molecule has 0 radical (unpaired) electrons. The summed E-state index contributed by atoms with van der Waals surface area (Å²) in [6.45, 7) is 2.40. The Morgan fingerprint density at radius 1 is 1.20 bits per heavy atom. The van der Waals surface area contributed by atoms with Gasteiger partial charge in [0.25, 0.3) is 0 Å². The second kappa shape index (κ2) is 5.82. The van der Waals surface area contributed by atoms with Crippen molar-refractivity contribution in [2.75, 3.05) is 24.3 Å². The molecule has 0 spiro atoms. The summed E-state index contributed by atoms with van der Waals surface area (Å²) in [5, 5.41) is 12.9. The summed E-state index contributed by atoms with van der Waals surface area (Å²) >= 11 is 0. The Labute approximate surface area is 118 Å². The van der Waals surface area contributed by atoms with Gasteiger partial charge in [0, 0.05) is 37.6 Å². The number of hydrogen-bond donors (Lipinski definition) is 2. The highest BCUT2D eigenvalue weighted by Crippen LogP contribution is 2.24. The Morgan fingerprint density at radius 3 is 2.60 bits per heavy atom. The summed E-state index contributed by atoms with van der Waals surface area (Å²) in [7, 11) is 3.99. The third-order valence-corrected chi connectivity index (χ3v) is 3.27. The van der Waals surface area contributed by atoms with Crippen LogP contribution in [0.15, 0.2) is 36.4 Å². The van der Waals surface area contributed by atoms with Gasteiger partial charge in [-0.15, -0.1) is 0 Å². The fourth-order valence-corrected chi connectivity index (χ4v) is 2.02. The van der Waals surface area contributed by atoms with Gasteiger partial charge in [0.2, 0.25) is 0 Å². The molecule has 0 bridgehead atoms. The van der Waals surface area contributed by atoms with Crippen LogP contribution in [0.2, 0.25) is 0 Å². The minimum atomic E-state index is -0.594. The SMILES string of the molecule is Cc1cc(N(C)C)ccc1NCc1cccc(F)c1O. The molecule has 3 nitrogen and oxygen atoms in total. The molecular formula is C16H19FN2O. The molecule has 4 heteroatoms. The van der Waals surface area contributed by atoms with E-state index in [1.165, 1.54) is 6.07 Å². The average Bonchev–Trinajstić information content (AvgIpc) is 2.41. The zero-order valence-electron chi connectivity index (χ0n) is 11.9. The molecule has 2 aromatic rings. The topological polar surface area (TPSA) is 35.5 Å². The van der Waals surface area contributed by atoms with Crippen LogP contribution in [-0.4, -0.2) is 19.2 Å². The van der Waals surface area contributed by atoms with E-state index in [0.29, 0.717) is 12.1 Å². The second-order valence-corrected chi connectivity index (χ2v) is 4.99. The van der Waals surface area contributed by atoms with Gasteiger partial charge in [-0.3, -0.25) is 0 Å². The van der Waals surface area contributed by atoms with E-state index in [9.17, 15) is 9.50 Å². The molecule has 0 amide bonds. The molecule has 0 atom stereocenters. The Morgan fingerprint density at radius 2 is 1.95 bits per heavy atom. The second-order valence-electron chi connectivity index (χ2n) is 4.99. The minimum absolute atomic E-state index is 0.289. The van der Waals surface area contributed by atoms with E-state index < -0.39 is 5.82 Å². The fourth-order valence-electron chi connectivity index (χ4n) is 2.02. The number of nitrogens with one attached hydrogen (secondary N) is 1. The van der Waals surface area contributed by atoms with Gasteiger partial charge in [0.05, 0.1) is 0 Å². The van der Waals surface area contributed by atoms with E-state index >= 15 is 0 Å². The maximum absolute atomic E-state index is 13.2. The smallest absolute Gasteiger partial charge is 0.165 e. The molecule has 0 saturated heterocycles. The van der Waals surface area contributed by atoms with E-state index in [-0.39, 0.29) is 5.75 Å². The Hall–Kier alpha value is -2.23. The Kier molecular flexibility index (Phi) is 4.13. The lowest BCUT2D eigenvalue weighted by Crippen LogP contribution is -2.09. The standard InChI is InChI=1S/C16H19FN2O/c1-11-9-13(19(2)3)7-8-15(11)18-10-12-5-4-6-14(17)16(12)20/h4-9,18,20H,10H2,1-3H3. The van der Waals surface area contributed by atoms with Crippen LogP contribution in [0.1, 0.15) is 11.1 Å². The van der Waals surface area contributed by atoms with Gasteiger partial charge in [-0.25, -0.2) is 4.39 Å². The number of para-hydroxylation sites is 1. The molecule has 0 aliphatic carbocycles. The van der Waals surface area contributed by atoms with Crippen LogP contribution in [-0.2, 0) is 6.54 Å². The van der Waals surface area contributed by atoms with Crippen LogP contribution in [0.4, 0.5) is 15.8 Å². The van der Waals surface area contributed by atoms with Crippen molar-refractivity contribution in [2.24, 2.45) is 0 Å². The van der Waals surface area contributed by atoms with E-state index in [1.54, 1.807) is 12.1 Å². The number of halogens is 1. The van der Waals surface area contributed by atoms with Gasteiger partial charge in [-0.2, -0.15) is 0 Å². The minimum Gasteiger partial charge on any atom is -0.505 e. The molecule has 20 heavy (non-hydrogen) atoms. The van der Waals surface area contributed by atoms with Gasteiger partial charge >= 0.3 is 0 Å². The maximum Gasteiger partial charge on any atom is 0.165 e. The predicted octanol–water partition coefficient (Wildman–Crippen LogP) is 3.52. The molecular weight excluding hydrogens is 255 g/mol. The molecule has 0 saturated carbocycles. The normalized spacial score (nSPS) is 10.4. The van der Waals surface area contributed by atoms with Crippen LogP contribution in [0.5, 0.6) is 5.75 Å². The monoisotopic (exact) mass is 274 g/mol. The lowest BCUT2D eigenvalue weighted by Gasteiger charge is -2.16. The van der Waals surface area contributed by atoms with Crippen LogP contribution in [0.3, 0.4) is 0 Å². The number of hydrogen-bond acceptors (Lipinski definition) is 3. The highest BCUT2D eigenvalue weighted by Gasteiger charge is 2.07. The molecule has 0 aromatic heterocycles. The zero-order valence-corrected chi connectivity index (χ0v) is 11.9. The summed E-state index contributed by atoms with van der Waals surface area (Å²) < 4.78 is 13.2. The van der Waals surface area contributed by atoms with E-state index in [0.717, 1.165) is 16.9 Å². The quantitative estimate of drug-likeness (QED) is 0.895. The van der Waals surface area contributed by atoms with Gasteiger partial charge in [-0.05, 0) is 36.8 Å². The first-order valence-corrected chi connectivity index (χ1v) is 6.47. The fraction of sp³-hybridized carbons (Fsp3) is 0.250. The Bertz CT molecular complexity index is 611. The molecule has 0 heterocycles. The average molecular weight is 274 g/mol. The lowest BCUT2D eigenvalue weighted by atomic mass is 10.1. The van der Waals surface area contributed by atoms with Gasteiger partial charge in [0.1, 0.15) is 0 Å². The third-order valence-electron chi connectivity index (χ3n) is 3.27. The number of nitrogens with zero attached hydrogens (tertiary/aromatic N) is 1. The largest absolute Gasteiger partial charge is 0.505 e. The number of phenolic OH excluding ortho intramolecular Hbond substituents is 1. The van der Waals surface area contributed by atoms with E-state index in [2.05, 4.69) is 11.4 Å². The van der Waals surface area contributed by atoms with Crippen molar-refractivity contribution in [1.82, 2.24) is 0 Å². The van der Waals surface area contributed by atoms with Gasteiger partial charge < -0.3 is 15.3 Å². The van der Waals surface area contributed by atoms with Crippen LogP contribution in [0, 0.1) is 12.7 Å². The summed E-state index contributed by atoms with van der Waals surface area (Å²) in [6.07, 6.45) is 0. The van der Waals surface area contributed by atoms with Gasteiger partial charge in [0.15, 0.2) is 11.6 Å². The summed E-state index contributed by atoms with van der Waals surface area (Å²) in [6, 6.07) is 10.6. The summed E-state index contributed by atoms with van der Waals surface area (Å²) in [4.78, 5) is 2.04. The summed E-state index contributed by atoms with van der Waals surface area (Å²) in [5.74, 6) is -0.883. The number of rotatable bonds is 4. The van der Waals surface area contributed by atoms with Crippen LogP contribution >= 0.6 is 0 Å². The van der Waals surface area contributed by atoms with E-state index in [4.69, 9.17) is 0 Å². The van der Waals surface area contributed by atoms with Crippen LogP contribution < -0.4 is 10.2 Å². The molecule has 106 valence electrons. The number of anilines is 2. The van der Waals surface area contributed by atoms with Crippen molar-refractivity contribution in [3.8, 4) is 5.75 Å². The predicted molar refractivity (Wildman–Crippen MR) is 80.9 cm³/mol. The van der Waals surface area contributed by atoms with Crippen molar-refractivity contribution in [3.63, 3.8) is 0 Å². The first-order valence-electron chi connectivity index (χ1n) is 6.47. The first kappa shape index (κ1) is 14.2. The number of aromatic hydroxyl groups is 1. The third kappa shape index (κ3) is 3.02. The van der Waals surface area contributed by atoms with E-state index in [1.807, 2.05) is 38.1 Å². The van der Waals surface area contributed by atoms with Gasteiger partial charge in [-0.1, -0.05) is 12.1 Å². The van der Waals surface area contributed by atoms with Crippen molar-refractivity contribution >= 4 is 11.4 Å².